The molecule has 1 N–H and O–H groups in total. The molecule has 0 atom stereocenters. The second-order valence-corrected chi connectivity index (χ2v) is 2.91. The van der Waals surface area contributed by atoms with E-state index in [1.807, 2.05) is 6.07 Å². The molecule has 72 valence electrons. The fourth-order valence-corrected chi connectivity index (χ4v) is 1.25. The van der Waals surface area contributed by atoms with Crippen LogP contribution in [-0.2, 0) is 0 Å². The summed E-state index contributed by atoms with van der Waals surface area (Å²) in [5.74, 6) is 0.182. The third-order valence-corrected chi connectivity index (χ3v) is 1.94. The number of phenolic OH excluding ortho intramolecular Hbond substituents is 1. The van der Waals surface area contributed by atoms with Gasteiger partial charge in [0, 0.05) is 18.0 Å². The molecule has 0 unspecified atom stereocenters. The molecule has 2 rings (SSSR count). The first-order chi connectivity index (χ1) is 7.31. The Kier molecular flexibility index (Phi) is 2.30. The van der Waals surface area contributed by atoms with E-state index in [-0.39, 0.29) is 11.4 Å². The van der Waals surface area contributed by atoms with Crippen molar-refractivity contribution < 1.29 is 5.11 Å². The van der Waals surface area contributed by atoms with Gasteiger partial charge in [-0.25, -0.2) is 4.98 Å². The van der Waals surface area contributed by atoms with Crippen LogP contribution in [0.2, 0.25) is 0 Å². The Morgan fingerprint density at radius 1 is 1.07 bits per heavy atom. The third kappa shape index (κ3) is 1.76. The molecule has 1 aromatic heterocycles. The maximum absolute atomic E-state index is 9.13. The van der Waals surface area contributed by atoms with Crippen LogP contribution in [0.15, 0.2) is 36.7 Å². The summed E-state index contributed by atoms with van der Waals surface area (Å²) in [7, 11) is 0. The number of rotatable bonds is 1. The van der Waals surface area contributed by atoms with E-state index in [4.69, 9.17) is 10.4 Å². The minimum Gasteiger partial charge on any atom is -0.508 e. The van der Waals surface area contributed by atoms with E-state index in [1.165, 1.54) is 12.4 Å². The molecule has 0 spiro atoms. The first-order valence-corrected chi connectivity index (χ1v) is 4.32. The zero-order valence-electron chi connectivity index (χ0n) is 7.75. The summed E-state index contributed by atoms with van der Waals surface area (Å²) in [6, 6.07) is 8.46. The van der Waals surface area contributed by atoms with Gasteiger partial charge in [-0.2, -0.15) is 5.26 Å². The zero-order chi connectivity index (χ0) is 10.7. The molecule has 1 aromatic carbocycles. The SMILES string of the molecule is N#Cc1nccnc1-c1ccc(O)cc1. The normalized spacial score (nSPS) is 9.53. The number of nitrogens with zero attached hydrogens (tertiary/aromatic N) is 3. The molecular formula is C11H7N3O. The quantitative estimate of drug-likeness (QED) is 0.755. The lowest BCUT2D eigenvalue weighted by Crippen LogP contribution is -1.91. The van der Waals surface area contributed by atoms with Crippen molar-refractivity contribution in [3.05, 3.63) is 42.4 Å². The Morgan fingerprint density at radius 3 is 2.40 bits per heavy atom. The largest absolute Gasteiger partial charge is 0.508 e. The van der Waals surface area contributed by atoms with Crippen molar-refractivity contribution in [2.75, 3.05) is 0 Å². The number of hydrogen-bond acceptors (Lipinski definition) is 4. The van der Waals surface area contributed by atoms with Crippen LogP contribution in [0.5, 0.6) is 5.75 Å². The fraction of sp³-hybridized carbons (Fsp3) is 0. The summed E-state index contributed by atoms with van der Waals surface area (Å²) < 4.78 is 0. The summed E-state index contributed by atoms with van der Waals surface area (Å²) in [5.41, 5.74) is 1.57. The van der Waals surface area contributed by atoms with Crippen LogP contribution in [0, 0.1) is 11.3 Å². The van der Waals surface area contributed by atoms with Crippen molar-refractivity contribution in [1.82, 2.24) is 9.97 Å². The zero-order valence-corrected chi connectivity index (χ0v) is 7.75. The minimum absolute atomic E-state index is 0.182. The lowest BCUT2D eigenvalue weighted by atomic mass is 10.1. The first-order valence-electron chi connectivity index (χ1n) is 4.32. The van der Waals surface area contributed by atoms with E-state index in [0.717, 1.165) is 5.56 Å². The Bertz CT molecular complexity index is 514. The van der Waals surface area contributed by atoms with Crippen LogP contribution in [0.3, 0.4) is 0 Å². The van der Waals surface area contributed by atoms with Gasteiger partial charge in [0.25, 0.3) is 0 Å². The molecule has 0 fully saturated rings. The van der Waals surface area contributed by atoms with Gasteiger partial charge < -0.3 is 5.11 Å². The standard InChI is InChI=1S/C11H7N3O/c12-7-10-11(14-6-5-13-10)8-1-3-9(15)4-2-8/h1-6,15H. The van der Waals surface area contributed by atoms with Gasteiger partial charge in [-0.3, -0.25) is 4.98 Å². The molecule has 0 saturated carbocycles. The molecule has 0 aliphatic carbocycles. The number of phenols is 1. The molecule has 4 nitrogen and oxygen atoms in total. The smallest absolute Gasteiger partial charge is 0.166 e. The first kappa shape index (κ1) is 9.16. The van der Waals surface area contributed by atoms with Crippen molar-refractivity contribution in [3.63, 3.8) is 0 Å². The molecule has 0 aliphatic rings. The van der Waals surface area contributed by atoms with Gasteiger partial charge in [-0.15, -0.1) is 0 Å². The van der Waals surface area contributed by atoms with E-state index >= 15 is 0 Å². The lowest BCUT2D eigenvalue weighted by molar-refractivity contribution is 0.475. The van der Waals surface area contributed by atoms with Crippen LogP contribution in [-0.4, -0.2) is 15.1 Å². The van der Waals surface area contributed by atoms with Gasteiger partial charge in [0.15, 0.2) is 5.69 Å². The number of benzene rings is 1. The number of aromatic nitrogens is 2. The molecule has 4 heteroatoms. The van der Waals surface area contributed by atoms with Crippen LogP contribution in [0.1, 0.15) is 5.69 Å². The maximum Gasteiger partial charge on any atom is 0.166 e. The third-order valence-electron chi connectivity index (χ3n) is 1.94. The van der Waals surface area contributed by atoms with Crippen molar-refractivity contribution >= 4 is 0 Å². The van der Waals surface area contributed by atoms with Gasteiger partial charge in [0.05, 0.1) is 0 Å². The van der Waals surface area contributed by atoms with E-state index in [2.05, 4.69) is 9.97 Å². The van der Waals surface area contributed by atoms with Crippen molar-refractivity contribution in [2.24, 2.45) is 0 Å². The second kappa shape index (κ2) is 3.76. The van der Waals surface area contributed by atoms with Gasteiger partial charge >= 0.3 is 0 Å². The topological polar surface area (TPSA) is 69.8 Å². The average molecular weight is 197 g/mol. The predicted octanol–water partition coefficient (Wildman–Crippen LogP) is 1.72. The number of nitriles is 1. The summed E-state index contributed by atoms with van der Waals surface area (Å²) in [5, 5.41) is 18.0. The molecule has 0 aliphatic heterocycles. The van der Waals surface area contributed by atoms with E-state index in [9.17, 15) is 0 Å². The molecule has 0 amide bonds. The summed E-state index contributed by atoms with van der Waals surface area (Å²) in [4.78, 5) is 7.99. The van der Waals surface area contributed by atoms with Crippen molar-refractivity contribution in [3.8, 4) is 23.1 Å². The molecule has 1 heterocycles. The van der Waals surface area contributed by atoms with Crippen molar-refractivity contribution in [1.29, 1.82) is 5.26 Å². The highest BCUT2D eigenvalue weighted by Gasteiger charge is 2.06. The molecule has 0 radical (unpaired) electrons. The van der Waals surface area contributed by atoms with Gasteiger partial charge in [-0.05, 0) is 24.3 Å². The second-order valence-electron chi connectivity index (χ2n) is 2.91. The highest BCUT2D eigenvalue weighted by Crippen LogP contribution is 2.21. The Balaban J connectivity index is 2.55. The van der Waals surface area contributed by atoms with Gasteiger partial charge in [0.2, 0.25) is 0 Å². The van der Waals surface area contributed by atoms with Crippen molar-refractivity contribution in [2.45, 2.75) is 0 Å². The summed E-state index contributed by atoms with van der Waals surface area (Å²) >= 11 is 0. The Labute approximate surface area is 86.5 Å². The monoisotopic (exact) mass is 197 g/mol. The predicted molar refractivity (Wildman–Crippen MR) is 53.8 cm³/mol. The summed E-state index contributed by atoms with van der Waals surface area (Å²) in [6.07, 6.45) is 3.01. The fourth-order valence-electron chi connectivity index (χ4n) is 1.25. The molecule has 0 bridgehead atoms. The molecule has 15 heavy (non-hydrogen) atoms. The van der Waals surface area contributed by atoms with E-state index in [1.54, 1.807) is 24.3 Å². The maximum atomic E-state index is 9.13. The highest BCUT2D eigenvalue weighted by atomic mass is 16.3. The lowest BCUT2D eigenvalue weighted by Gasteiger charge is -2.01. The molecule has 2 aromatic rings. The highest BCUT2D eigenvalue weighted by molar-refractivity contribution is 5.64. The molecule has 0 saturated heterocycles. The number of aromatic hydroxyl groups is 1. The molecular weight excluding hydrogens is 190 g/mol. The van der Waals surface area contributed by atoms with E-state index in [0.29, 0.717) is 5.69 Å². The van der Waals surface area contributed by atoms with Crippen LogP contribution >= 0.6 is 0 Å². The van der Waals surface area contributed by atoms with Gasteiger partial charge in [-0.1, -0.05) is 0 Å². The van der Waals surface area contributed by atoms with E-state index < -0.39 is 0 Å². The van der Waals surface area contributed by atoms with Crippen LogP contribution in [0.4, 0.5) is 0 Å². The summed E-state index contributed by atoms with van der Waals surface area (Å²) in [6.45, 7) is 0. The number of hydrogen-bond donors (Lipinski definition) is 1. The van der Waals surface area contributed by atoms with Crippen LogP contribution < -0.4 is 0 Å². The van der Waals surface area contributed by atoms with Crippen LogP contribution in [0.25, 0.3) is 11.3 Å². The Morgan fingerprint density at radius 2 is 1.73 bits per heavy atom. The average Bonchev–Trinajstić information content (AvgIpc) is 2.30. The minimum atomic E-state index is 0.182. The Hall–Kier alpha value is -2.41. The van der Waals surface area contributed by atoms with Gasteiger partial charge in [0.1, 0.15) is 17.5 Å².